The Hall–Kier alpha value is -3.98. The fraction of sp³-hybridized carbons (Fsp3) is 0.276. The normalized spacial score (nSPS) is 17.3. The first-order valence-electron chi connectivity index (χ1n) is 12.4. The van der Waals surface area contributed by atoms with E-state index in [2.05, 4.69) is 40.8 Å². The van der Waals surface area contributed by atoms with Gasteiger partial charge in [-0.15, -0.1) is 0 Å². The summed E-state index contributed by atoms with van der Waals surface area (Å²) in [6.07, 6.45) is 0.641. The highest BCUT2D eigenvalue weighted by Gasteiger charge is 2.25. The molecule has 0 spiro atoms. The van der Waals surface area contributed by atoms with Crippen molar-refractivity contribution in [2.45, 2.75) is 45.1 Å². The molecule has 1 aliphatic rings. The Kier molecular flexibility index (Phi) is 6.56. The summed E-state index contributed by atoms with van der Waals surface area (Å²) in [5.74, 6) is -0.274. The number of nitrogens with zero attached hydrogens (tertiary/aromatic N) is 2. The van der Waals surface area contributed by atoms with Gasteiger partial charge in [0.1, 0.15) is 6.61 Å². The van der Waals surface area contributed by atoms with Gasteiger partial charge in [-0.05, 0) is 53.3 Å². The molecule has 1 amide bonds. The molecule has 4 bridgehead atoms. The van der Waals surface area contributed by atoms with E-state index >= 15 is 0 Å². The summed E-state index contributed by atoms with van der Waals surface area (Å²) in [6, 6.07) is 19.3. The Morgan fingerprint density at radius 2 is 1.79 bits per heavy atom. The van der Waals surface area contributed by atoms with E-state index in [9.17, 15) is 13.2 Å². The van der Waals surface area contributed by atoms with Gasteiger partial charge in [0, 0.05) is 17.2 Å². The van der Waals surface area contributed by atoms with Crippen LogP contribution in [0.4, 0.5) is 5.95 Å². The van der Waals surface area contributed by atoms with E-state index in [4.69, 9.17) is 4.74 Å². The van der Waals surface area contributed by atoms with Gasteiger partial charge in [0.05, 0.1) is 16.6 Å². The summed E-state index contributed by atoms with van der Waals surface area (Å²) in [5, 5.41) is 5.03. The van der Waals surface area contributed by atoms with Gasteiger partial charge in [-0.2, -0.15) is 4.98 Å². The number of ether oxygens (including phenoxy) is 1. The van der Waals surface area contributed by atoms with Crippen molar-refractivity contribution in [3.05, 3.63) is 77.9 Å². The van der Waals surface area contributed by atoms with Gasteiger partial charge < -0.3 is 10.1 Å². The van der Waals surface area contributed by atoms with Gasteiger partial charge in [0.2, 0.25) is 11.8 Å². The van der Waals surface area contributed by atoms with Crippen LogP contribution in [-0.2, 0) is 10.0 Å². The molecule has 4 aromatic rings. The fourth-order valence-corrected chi connectivity index (χ4v) is 5.71. The number of sulfonamides is 1. The van der Waals surface area contributed by atoms with E-state index in [0.29, 0.717) is 12.1 Å². The molecule has 1 aliphatic heterocycles. The number of aryl methyl sites for hydroxylation is 1. The number of amides is 1. The highest BCUT2D eigenvalue weighted by atomic mass is 32.2. The number of nitrogens with one attached hydrogen (secondary N) is 2. The highest BCUT2D eigenvalue weighted by molar-refractivity contribution is 7.92. The van der Waals surface area contributed by atoms with Crippen molar-refractivity contribution in [1.29, 1.82) is 0 Å². The molecule has 38 heavy (non-hydrogen) atoms. The van der Waals surface area contributed by atoms with Crippen LogP contribution < -0.4 is 14.8 Å². The molecule has 2 heterocycles. The van der Waals surface area contributed by atoms with Gasteiger partial charge in [-0.25, -0.2) is 18.1 Å². The lowest BCUT2D eigenvalue weighted by atomic mass is 9.88. The zero-order valence-corrected chi connectivity index (χ0v) is 22.6. The van der Waals surface area contributed by atoms with Gasteiger partial charge in [0.15, 0.2) is 0 Å². The lowest BCUT2D eigenvalue weighted by Gasteiger charge is -2.27. The van der Waals surface area contributed by atoms with Gasteiger partial charge in [-0.1, -0.05) is 63.2 Å². The van der Waals surface area contributed by atoms with E-state index in [1.165, 1.54) is 12.1 Å². The first-order chi connectivity index (χ1) is 18.0. The number of fused-ring (bicyclic) bond motifs is 5. The number of hydrogen-bond donors (Lipinski definition) is 2. The standard InChI is InChI=1S/C29H30N4O4S/c1-18-12-13-19-8-5-6-11-23(19)26(18)24-15-25-32-28(31-24)33-38(35,36)22-10-7-9-20(14-22)27(34)30-21(17-37-25)16-29(2,3)4/h5-15,21H,16-17H2,1-4H3,(H,30,34)(H,31,32,33)/t21-/m1/s1. The van der Waals surface area contributed by atoms with E-state index in [1.807, 2.05) is 43.3 Å². The molecule has 2 N–H and O–H groups in total. The Labute approximate surface area is 222 Å². The lowest BCUT2D eigenvalue weighted by molar-refractivity contribution is 0.0903. The van der Waals surface area contributed by atoms with Crippen molar-refractivity contribution in [2.75, 3.05) is 11.3 Å². The summed E-state index contributed by atoms with van der Waals surface area (Å²) in [5.41, 5.74) is 2.52. The second kappa shape index (κ2) is 9.72. The minimum atomic E-state index is -4.09. The quantitative estimate of drug-likeness (QED) is 0.362. The van der Waals surface area contributed by atoms with Crippen molar-refractivity contribution in [3.63, 3.8) is 0 Å². The van der Waals surface area contributed by atoms with Crippen LogP contribution in [0.3, 0.4) is 0 Å². The number of aromatic nitrogens is 2. The number of carbonyl (C=O) groups is 1. The van der Waals surface area contributed by atoms with Gasteiger partial charge in [0.25, 0.3) is 15.9 Å². The summed E-state index contributed by atoms with van der Waals surface area (Å²) >= 11 is 0. The molecule has 9 heteroatoms. The maximum absolute atomic E-state index is 13.3. The van der Waals surface area contributed by atoms with Crippen molar-refractivity contribution in [2.24, 2.45) is 5.41 Å². The number of benzene rings is 3. The average molecular weight is 531 g/mol. The van der Waals surface area contributed by atoms with Crippen molar-refractivity contribution in [1.82, 2.24) is 15.3 Å². The Balaban J connectivity index is 1.67. The Morgan fingerprint density at radius 3 is 2.58 bits per heavy atom. The minimum Gasteiger partial charge on any atom is -0.475 e. The molecule has 8 nitrogen and oxygen atoms in total. The third kappa shape index (κ3) is 5.47. The molecular weight excluding hydrogens is 500 g/mol. The molecule has 0 unspecified atom stereocenters. The molecule has 1 atom stereocenters. The van der Waals surface area contributed by atoms with Crippen LogP contribution in [0.2, 0.25) is 0 Å². The highest BCUT2D eigenvalue weighted by Crippen LogP contribution is 2.33. The zero-order valence-electron chi connectivity index (χ0n) is 21.8. The van der Waals surface area contributed by atoms with Crippen LogP contribution >= 0.6 is 0 Å². The molecular formula is C29H30N4O4S. The second-order valence-electron chi connectivity index (χ2n) is 10.8. The predicted octanol–water partition coefficient (Wildman–Crippen LogP) is 5.33. The van der Waals surface area contributed by atoms with Gasteiger partial charge >= 0.3 is 0 Å². The van der Waals surface area contributed by atoms with Crippen LogP contribution in [0.5, 0.6) is 5.88 Å². The zero-order chi connectivity index (χ0) is 27.1. The Morgan fingerprint density at radius 1 is 1.00 bits per heavy atom. The minimum absolute atomic E-state index is 0.0606. The first-order valence-corrected chi connectivity index (χ1v) is 13.9. The van der Waals surface area contributed by atoms with Crippen LogP contribution in [0.25, 0.3) is 22.0 Å². The topological polar surface area (TPSA) is 110 Å². The number of rotatable bonds is 2. The molecule has 0 saturated carbocycles. The molecule has 0 aliphatic carbocycles. The fourth-order valence-electron chi connectivity index (χ4n) is 4.72. The van der Waals surface area contributed by atoms with Crippen LogP contribution in [0, 0.1) is 12.3 Å². The van der Waals surface area contributed by atoms with E-state index < -0.39 is 10.0 Å². The van der Waals surface area contributed by atoms with Crippen molar-refractivity contribution >= 4 is 32.7 Å². The van der Waals surface area contributed by atoms with Crippen LogP contribution in [-0.4, -0.2) is 36.9 Å². The molecule has 0 radical (unpaired) electrons. The lowest BCUT2D eigenvalue weighted by Crippen LogP contribution is -2.41. The molecule has 196 valence electrons. The summed E-state index contributed by atoms with van der Waals surface area (Å²) in [6.45, 7) is 8.39. The maximum Gasteiger partial charge on any atom is 0.264 e. The Bertz CT molecular complexity index is 1640. The van der Waals surface area contributed by atoms with Gasteiger partial charge in [-0.3, -0.25) is 4.79 Å². The smallest absolute Gasteiger partial charge is 0.264 e. The molecule has 1 aromatic heterocycles. The summed E-state index contributed by atoms with van der Waals surface area (Å²) < 4.78 is 35.2. The molecule has 5 rings (SSSR count). The average Bonchev–Trinajstić information content (AvgIpc) is 2.85. The monoisotopic (exact) mass is 530 g/mol. The first kappa shape index (κ1) is 25.7. The number of hydrogen-bond acceptors (Lipinski definition) is 6. The summed E-state index contributed by atoms with van der Waals surface area (Å²) in [4.78, 5) is 22.0. The third-order valence-corrected chi connectivity index (χ3v) is 7.68. The molecule has 0 saturated heterocycles. The second-order valence-corrected chi connectivity index (χ2v) is 12.5. The van der Waals surface area contributed by atoms with E-state index in [1.54, 1.807) is 18.2 Å². The van der Waals surface area contributed by atoms with E-state index in [0.717, 1.165) is 21.9 Å². The third-order valence-electron chi connectivity index (χ3n) is 6.35. The van der Waals surface area contributed by atoms with Crippen molar-refractivity contribution in [3.8, 4) is 17.1 Å². The SMILES string of the molecule is Cc1ccc2ccccc2c1-c1cc2nc(n1)NS(=O)(=O)c1cccc(c1)C(=O)N[C@H](CC(C)(C)C)CO2. The van der Waals surface area contributed by atoms with Crippen LogP contribution in [0.1, 0.15) is 43.1 Å². The largest absolute Gasteiger partial charge is 0.475 e. The predicted molar refractivity (Wildman–Crippen MR) is 148 cm³/mol. The molecule has 3 aromatic carbocycles. The summed E-state index contributed by atoms with van der Waals surface area (Å²) in [7, 11) is -4.09. The molecule has 0 fully saturated rings. The number of anilines is 1. The maximum atomic E-state index is 13.3. The number of carbonyl (C=O) groups excluding carboxylic acids is 1. The van der Waals surface area contributed by atoms with Crippen molar-refractivity contribution < 1.29 is 17.9 Å². The van der Waals surface area contributed by atoms with Crippen LogP contribution in [0.15, 0.2) is 71.6 Å². The van der Waals surface area contributed by atoms with E-state index in [-0.39, 0.29) is 46.3 Å².